The van der Waals surface area contributed by atoms with E-state index in [9.17, 15) is 14.4 Å². The molecule has 6 heteroatoms. The predicted octanol–water partition coefficient (Wildman–Crippen LogP) is 1.01. The monoisotopic (exact) mass is 275 g/mol. The molecule has 0 aromatic carbocycles. The van der Waals surface area contributed by atoms with E-state index in [2.05, 4.69) is 10.1 Å². The number of esters is 1. The van der Waals surface area contributed by atoms with Crippen LogP contribution in [0.5, 0.6) is 0 Å². The van der Waals surface area contributed by atoms with Crippen LogP contribution >= 0.6 is 11.8 Å². The molecule has 1 unspecified atom stereocenters. The average molecular weight is 275 g/mol. The maximum atomic E-state index is 11.6. The molecule has 104 valence electrons. The standard InChI is InChI=1S/C12H21NO4S/c1-8(2)12(9(3)14)13-10(15)7-18-6-5-11(16)17-4/h8,12H,5-7H2,1-4H3,(H,13,15). The van der Waals surface area contributed by atoms with Gasteiger partial charge in [0.05, 0.1) is 25.3 Å². The molecule has 1 amide bonds. The molecule has 0 rings (SSSR count). The second kappa shape index (κ2) is 8.97. The van der Waals surface area contributed by atoms with Gasteiger partial charge in [-0.25, -0.2) is 0 Å². The quantitative estimate of drug-likeness (QED) is 0.529. The van der Waals surface area contributed by atoms with E-state index in [1.165, 1.54) is 25.8 Å². The van der Waals surface area contributed by atoms with E-state index < -0.39 is 6.04 Å². The third-order valence-electron chi connectivity index (χ3n) is 2.33. The van der Waals surface area contributed by atoms with Crippen molar-refractivity contribution in [3.05, 3.63) is 0 Å². The van der Waals surface area contributed by atoms with Crippen LogP contribution in [0, 0.1) is 5.92 Å². The second-order valence-electron chi connectivity index (χ2n) is 4.28. The van der Waals surface area contributed by atoms with Gasteiger partial charge in [0, 0.05) is 5.75 Å². The summed E-state index contributed by atoms with van der Waals surface area (Å²) in [5.41, 5.74) is 0. The minimum Gasteiger partial charge on any atom is -0.469 e. The molecule has 0 aliphatic rings. The Balaban J connectivity index is 3.89. The van der Waals surface area contributed by atoms with Gasteiger partial charge in [-0.3, -0.25) is 14.4 Å². The fraction of sp³-hybridized carbons (Fsp3) is 0.750. The summed E-state index contributed by atoms with van der Waals surface area (Å²) in [6.45, 7) is 5.24. The lowest BCUT2D eigenvalue weighted by molar-refractivity contribution is -0.140. The fourth-order valence-electron chi connectivity index (χ4n) is 1.38. The largest absolute Gasteiger partial charge is 0.469 e. The van der Waals surface area contributed by atoms with Crippen molar-refractivity contribution in [2.45, 2.75) is 33.2 Å². The van der Waals surface area contributed by atoms with Gasteiger partial charge in [0.25, 0.3) is 0 Å². The molecule has 1 N–H and O–H groups in total. The minimum atomic E-state index is -0.432. The molecule has 5 nitrogen and oxygen atoms in total. The van der Waals surface area contributed by atoms with Crippen LogP contribution in [0.15, 0.2) is 0 Å². The SMILES string of the molecule is COC(=O)CCSCC(=O)NC(C(C)=O)C(C)C. The number of hydrogen-bond acceptors (Lipinski definition) is 5. The van der Waals surface area contributed by atoms with E-state index in [0.29, 0.717) is 5.75 Å². The normalized spacial score (nSPS) is 12.1. The molecular weight excluding hydrogens is 254 g/mol. The molecule has 0 spiro atoms. The van der Waals surface area contributed by atoms with Gasteiger partial charge in [0.2, 0.25) is 5.91 Å². The Morgan fingerprint density at radius 1 is 1.28 bits per heavy atom. The molecule has 0 saturated carbocycles. The second-order valence-corrected chi connectivity index (χ2v) is 5.38. The zero-order valence-electron chi connectivity index (χ0n) is 11.3. The number of methoxy groups -OCH3 is 1. The highest BCUT2D eigenvalue weighted by Gasteiger charge is 2.20. The Morgan fingerprint density at radius 3 is 2.33 bits per heavy atom. The van der Waals surface area contributed by atoms with E-state index in [-0.39, 0.29) is 35.8 Å². The third kappa shape index (κ3) is 7.32. The Kier molecular flexibility index (Phi) is 8.45. The number of hydrogen-bond donors (Lipinski definition) is 1. The van der Waals surface area contributed by atoms with Crippen molar-refractivity contribution in [3.8, 4) is 0 Å². The summed E-state index contributed by atoms with van der Waals surface area (Å²) in [5, 5.41) is 2.69. The number of ketones is 1. The highest BCUT2D eigenvalue weighted by atomic mass is 32.2. The Bertz CT molecular complexity index is 304. The van der Waals surface area contributed by atoms with Crippen molar-refractivity contribution in [3.63, 3.8) is 0 Å². The van der Waals surface area contributed by atoms with Gasteiger partial charge in [0.15, 0.2) is 5.78 Å². The summed E-state index contributed by atoms with van der Waals surface area (Å²) < 4.78 is 4.49. The summed E-state index contributed by atoms with van der Waals surface area (Å²) in [4.78, 5) is 33.7. The molecule has 0 fully saturated rings. The smallest absolute Gasteiger partial charge is 0.306 e. The van der Waals surface area contributed by atoms with E-state index >= 15 is 0 Å². The van der Waals surface area contributed by atoms with Gasteiger partial charge >= 0.3 is 5.97 Å². The van der Waals surface area contributed by atoms with Gasteiger partial charge < -0.3 is 10.1 Å². The van der Waals surface area contributed by atoms with Crippen molar-refractivity contribution in [1.29, 1.82) is 0 Å². The van der Waals surface area contributed by atoms with Gasteiger partial charge in [-0.1, -0.05) is 13.8 Å². The molecule has 0 aromatic rings. The van der Waals surface area contributed by atoms with Crippen LogP contribution in [-0.4, -0.2) is 42.3 Å². The van der Waals surface area contributed by atoms with Crippen LogP contribution in [0.25, 0.3) is 0 Å². The number of nitrogens with one attached hydrogen (secondary N) is 1. The number of thioether (sulfide) groups is 1. The van der Waals surface area contributed by atoms with Gasteiger partial charge in [-0.15, -0.1) is 0 Å². The Labute approximate surface area is 112 Å². The maximum Gasteiger partial charge on any atom is 0.306 e. The van der Waals surface area contributed by atoms with Crippen LogP contribution < -0.4 is 5.32 Å². The molecule has 0 aliphatic carbocycles. The van der Waals surface area contributed by atoms with Crippen LogP contribution in [0.1, 0.15) is 27.2 Å². The zero-order valence-corrected chi connectivity index (χ0v) is 12.1. The molecule has 0 saturated heterocycles. The van der Waals surface area contributed by atoms with Crippen molar-refractivity contribution < 1.29 is 19.1 Å². The lowest BCUT2D eigenvalue weighted by Gasteiger charge is -2.19. The number of rotatable bonds is 8. The third-order valence-corrected chi connectivity index (χ3v) is 3.29. The first kappa shape index (κ1) is 17.0. The summed E-state index contributed by atoms with van der Waals surface area (Å²) in [5.74, 6) is 0.343. The highest BCUT2D eigenvalue weighted by Crippen LogP contribution is 2.06. The lowest BCUT2D eigenvalue weighted by Crippen LogP contribution is -2.44. The summed E-state index contributed by atoms with van der Waals surface area (Å²) in [6.07, 6.45) is 0.286. The van der Waals surface area contributed by atoms with Crippen LogP contribution in [0.4, 0.5) is 0 Å². The van der Waals surface area contributed by atoms with Gasteiger partial charge in [0.1, 0.15) is 0 Å². The molecule has 0 aliphatic heterocycles. The van der Waals surface area contributed by atoms with E-state index in [0.717, 1.165) is 0 Å². The maximum absolute atomic E-state index is 11.6. The first-order valence-corrected chi connectivity index (χ1v) is 6.98. The van der Waals surface area contributed by atoms with Crippen molar-refractivity contribution in [2.75, 3.05) is 18.6 Å². The van der Waals surface area contributed by atoms with Crippen molar-refractivity contribution >= 4 is 29.4 Å². The van der Waals surface area contributed by atoms with Crippen LogP contribution in [0.2, 0.25) is 0 Å². The minimum absolute atomic E-state index is 0.0436. The molecule has 0 aromatic heterocycles. The molecule has 18 heavy (non-hydrogen) atoms. The fourth-order valence-corrected chi connectivity index (χ4v) is 2.10. The number of Topliss-reactive ketones (excluding diaryl/α,β-unsaturated/α-hetero) is 1. The summed E-state index contributed by atoms with van der Waals surface area (Å²) in [7, 11) is 1.33. The first-order chi connectivity index (χ1) is 8.38. The number of ether oxygens (including phenoxy) is 1. The van der Waals surface area contributed by atoms with E-state index in [1.54, 1.807) is 0 Å². The summed E-state index contributed by atoms with van der Waals surface area (Å²) in [6, 6.07) is -0.432. The van der Waals surface area contributed by atoms with Crippen LogP contribution in [0.3, 0.4) is 0 Å². The summed E-state index contributed by atoms with van der Waals surface area (Å²) >= 11 is 1.35. The van der Waals surface area contributed by atoms with Crippen molar-refractivity contribution in [1.82, 2.24) is 5.32 Å². The van der Waals surface area contributed by atoms with E-state index in [4.69, 9.17) is 0 Å². The topological polar surface area (TPSA) is 72.5 Å². The van der Waals surface area contributed by atoms with Crippen LogP contribution in [-0.2, 0) is 19.1 Å². The first-order valence-electron chi connectivity index (χ1n) is 5.82. The molecule has 0 radical (unpaired) electrons. The number of carbonyl (C=O) groups is 3. The Hall–Kier alpha value is -1.04. The molecule has 0 bridgehead atoms. The Morgan fingerprint density at radius 2 is 1.89 bits per heavy atom. The number of amides is 1. The van der Waals surface area contributed by atoms with Crippen molar-refractivity contribution in [2.24, 2.45) is 5.92 Å². The lowest BCUT2D eigenvalue weighted by atomic mass is 10.0. The molecule has 0 heterocycles. The highest BCUT2D eigenvalue weighted by molar-refractivity contribution is 7.99. The van der Waals surface area contributed by atoms with Gasteiger partial charge in [-0.05, 0) is 12.8 Å². The van der Waals surface area contributed by atoms with Gasteiger partial charge in [-0.2, -0.15) is 11.8 Å². The molecule has 1 atom stereocenters. The average Bonchev–Trinajstić information content (AvgIpc) is 2.30. The number of carbonyl (C=O) groups excluding carboxylic acids is 3. The van der Waals surface area contributed by atoms with E-state index in [1.807, 2.05) is 13.8 Å². The molecular formula is C12H21NO4S. The predicted molar refractivity (Wildman–Crippen MR) is 71.4 cm³/mol. The zero-order chi connectivity index (χ0) is 14.1.